The van der Waals surface area contributed by atoms with E-state index in [1.54, 1.807) is 16.7 Å². The molecule has 11 nitrogen and oxygen atoms in total. The molecular formula is C43H50N4O7. The molecule has 0 spiro atoms. The summed E-state index contributed by atoms with van der Waals surface area (Å²) in [6.07, 6.45) is 8.84. The van der Waals surface area contributed by atoms with Gasteiger partial charge in [-0.1, -0.05) is 55.7 Å². The number of aryl methyl sites for hydroxylation is 2. The van der Waals surface area contributed by atoms with E-state index in [1.165, 1.54) is 17.7 Å². The van der Waals surface area contributed by atoms with Gasteiger partial charge in [0.1, 0.15) is 11.9 Å². The van der Waals surface area contributed by atoms with Crippen LogP contribution >= 0.6 is 0 Å². The Morgan fingerprint density at radius 2 is 1.81 bits per heavy atom. The number of piperidine rings is 3. The maximum absolute atomic E-state index is 14.0. The first kappa shape index (κ1) is 36.3. The predicted molar refractivity (Wildman–Crippen MR) is 207 cm³/mol. The van der Waals surface area contributed by atoms with Crippen LogP contribution in [0.5, 0.6) is 5.75 Å². The van der Waals surface area contributed by atoms with Crippen molar-refractivity contribution in [1.82, 2.24) is 19.8 Å². The van der Waals surface area contributed by atoms with Crippen molar-refractivity contribution in [3.63, 3.8) is 0 Å². The van der Waals surface area contributed by atoms with E-state index in [4.69, 9.17) is 9.15 Å². The van der Waals surface area contributed by atoms with E-state index in [0.717, 1.165) is 100 Å². The van der Waals surface area contributed by atoms with Crippen molar-refractivity contribution >= 4 is 28.0 Å². The Balaban J connectivity index is 0.863. The van der Waals surface area contributed by atoms with Gasteiger partial charge in [0, 0.05) is 37.6 Å². The summed E-state index contributed by atoms with van der Waals surface area (Å²) < 4.78 is 13.7. The normalized spacial score (nSPS) is 21.4. The second kappa shape index (κ2) is 15.6. The highest BCUT2D eigenvalue weighted by atomic mass is 16.5. The van der Waals surface area contributed by atoms with E-state index in [2.05, 4.69) is 39.5 Å². The summed E-state index contributed by atoms with van der Waals surface area (Å²) >= 11 is 0. The van der Waals surface area contributed by atoms with Crippen molar-refractivity contribution in [2.24, 2.45) is 5.92 Å². The molecule has 4 N–H and O–H groups in total. The number of unbranched alkanes of at least 4 members (excludes halogenated alkanes) is 1. The van der Waals surface area contributed by atoms with Gasteiger partial charge in [-0.05, 0) is 110 Å². The second-order valence-electron chi connectivity index (χ2n) is 15.6. The molecule has 3 aliphatic heterocycles. The number of pyridine rings is 1. The number of aromatic amines is 1. The van der Waals surface area contributed by atoms with Gasteiger partial charge in [0.05, 0.1) is 22.6 Å². The van der Waals surface area contributed by atoms with Gasteiger partial charge in [-0.15, -0.1) is 0 Å². The number of nitrogens with one attached hydrogen (secondary N) is 2. The van der Waals surface area contributed by atoms with E-state index < -0.39 is 11.5 Å². The molecule has 2 aromatic heterocycles. The lowest BCUT2D eigenvalue weighted by Crippen LogP contribution is -2.53. The quantitative estimate of drug-likeness (QED) is 0.0867. The van der Waals surface area contributed by atoms with Gasteiger partial charge < -0.3 is 29.7 Å². The zero-order valence-electron chi connectivity index (χ0n) is 30.7. The van der Waals surface area contributed by atoms with Gasteiger partial charge in [-0.2, -0.15) is 0 Å². The zero-order valence-corrected chi connectivity index (χ0v) is 30.7. The number of ether oxygens (including phenoxy) is 1. The lowest BCUT2D eigenvalue weighted by atomic mass is 9.69. The predicted octanol–water partition coefficient (Wildman–Crippen LogP) is 5.83. The van der Waals surface area contributed by atoms with Crippen LogP contribution in [-0.4, -0.2) is 62.9 Å². The molecule has 2 bridgehead atoms. The van der Waals surface area contributed by atoms with Gasteiger partial charge in [-0.25, -0.2) is 4.79 Å². The number of benzene rings is 3. The molecule has 54 heavy (non-hydrogen) atoms. The van der Waals surface area contributed by atoms with Crippen LogP contribution in [0.25, 0.3) is 22.0 Å². The number of aromatic nitrogens is 2. The van der Waals surface area contributed by atoms with Crippen molar-refractivity contribution in [3.8, 4) is 5.75 Å². The van der Waals surface area contributed by atoms with Crippen LogP contribution < -0.4 is 16.6 Å². The SMILES string of the molecule is O=C(OC1CN2CCC1CC2)C1(c2cccc(CCCCn3c(=O)oc4cc(CNC[C@H](O)c5ccc(O)c6[nH]c(=O)ccc56)ccc43)c2)CCCCC1. The zero-order chi connectivity index (χ0) is 37.2. The summed E-state index contributed by atoms with van der Waals surface area (Å²) in [6.45, 7) is 4.33. The minimum atomic E-state index is -0.881. The summed E-state index contributed by atoms with van der Waals surface area (Å²) in [5, 5.41) is 24.9. The Kier molecular flexibility index (Phi) is 10.5. The third kappa shape index (κ3) is 7.37. The number of hydrogen-bond donors (Lipinski definition) is 4. The topological polar surface area (TPSA) is 150 Å². The van der Waals surface area contributed by atoms with E-state index in [1.807, 2.05) is 18.2 Å². The number of fused-ring (bicyclic) bond motifs is 5. The van der Waals surface area contributed by atoms with Crippen LogP contribution in [0.4, 0.5) is 0 Å². The number of aliphatic hydroxyl groups excluding tert-OH is 1. The molecule has 3 aromatic carbocycles. The fourth-order valence-corrected chi connectivity index (χ4v) is 9.13. The summed E-state index contributed by atoms with van der Waals surface area (Å²) in [7, 11) is 0. The van der Waals surface area contributed by atoms with Crippen LogP contribution in [0.15, 0.2) is 80.7 Å². The number of nitrogens with zero attached hydrogens (tertiary/aromatic N) is 2. The number of esters is 1. The van der Waals surface area contributed by atoms with Crippen LogP contribution in [0.2, 0.25) is 0 Å². The monoisotopic (exact) mass is 734 g/mol. The summed E-state index contributed by atoms with van der Waals surface area (Å²) in [4.78, 5) is 43.7. The molecule has 4 aliphatic rings. The fraction of sp³-hybridized carbons (Fsp3) is 0.465. The molecule has 0 radical (unpaired) electrons. The number of phenols is 1. The second-order valence-corrected chi connectivity index (χ2v) is 15.6. The Hall–Kier alpha value is -4.71. The van der Waals surface area contributed by atoms with Gasteiger partial charge in [0.15, 0.2) is 5.58 Å². The number of aromatic hydroxyl groups is 1. The maximum atomic E-state index is 14.0. The minimum absolute atomic E-state index is 0.0150. The first-order chi connectivity index (χ1) is 26.3. The molecule has 1 aliphatic carbocycles. The van der Waals surface area contributed by atoms with Crippen LogP contribution in [0, 0.1) is 5.92 Å². The molecule has 5 heterocycles. The van der Waals surface area contributed by atoms with Crippen LogP contribution in [0.3, 0.4) is 0 Å². The number of carbonyl (C=O) groups is 1. The lowest BCUT2D eigenvalue weighted by Gasteiger charge is -2.45. The molecule has 0 amide bonds. The number of rotatable bonds is 13. The van der Waals surface area contributed by atoms with Gasteiger partial charge >= 0.3 is 11.7 Å². The standard InChI is InChI=1S/C43H50N4O7/c48-35-14-11-32(33-12-15-39(50)45-40(33)35)36(49)26-44-25-29-10-13-34-37(24-29)54-42(52)47(34)20-5-2-7-28-8-6-9-31(23-28)43(18-3-1-4-19-43)41(51)53-38-27-46-21-16-30(38)17-22-46/h6,8-15,23-24,30,36,38,44,48-49H,1-5,7,16-22,25-27H2,(H,45,50)/t36-,38?/m0/s1. The van der Waals surface area contributed by atoms with E-state index in [-0.39, 0.29) is 35.7 Å². The van der Waals surface area contributed by atoms with E-state index >= 15 is 0 Å². The first-order valence-electron chi connectivity index (χ1n) is 19.7. The number of oxazole rings is 1. The smallest absolute Gasteiger partial charge is 0.419 e. The molecule has 284 valence electrons. The largest absolute Gasteiger partial charge is 0.506 e. The van der Waals surface area contributed by atoms with Crippen molar-refractivity contribution in [1.29, 1.82) is 0 Å². The number of phenolic OH excluding ortho intramolecular Hbond substituents is 1. The molecular weight excluding hydrogens is 684 g/mol. The molecule has 2 atom stereocenters. The van der Waals surface area contributed by atoms with Crippen molar-refractivity contribution in [2.75, 3.05) is 26.2 Å². The Labute approximate surface area is 313 Å². The molecule has 11 heteroatoms. The lowest BCUT2D eigenvalue weighted by molar-refractivity contribution is -0.167. The highest BCUT2D eigenvalue weighted by molar-refractivity contribution is 5.87. The molecule has 1 unspecified atom stereocenters. The third-order valence-corrected chi connectivity index (χ3v) is 12.2. The molecule has 1 saturated carbocycles. The van der Waals surface area contributed by atoms with Crippen molar-refractivity contribution in [3.05, 3.63) is 110 Å². The molecule has 3 saturated heterocycles. The Morgan fingerprint density at radius 3 is 2.61 bits per heavy atom. The van der Waals surface area contributed by atoms with E-state index in [0.29, 0.717) is 41.1 Å². The molecule has 9 rings (SSSR count). The van der Waals surface area contributed by atoms with Gasteiger partial charge in [-0.3, -0.25) is 19.1 Å². The highest BCUT2D eigenvalue weighted by Gasteiger charge is 2.46. The number of carbonyl (C=O) groups excluding carboxylic acids is 1. The number of aliphatic hydroxyl groups is 1. The van der Waals surface area contributed by atoms with E-state index in [9.17, 15) is 24.6 Å². The van der Waals surface area contributed by atoms with Gasteiger partial charge in [0.25, 0.3) is 0 Å². The Bertz CT molecular complexity index is 2240. The molecule has 5 aromatic rings. The average Bonchev–Trinajstić information content (AvgIpc) is 3.51. The summed E-state index contributed by atoms with van der Waals surface area (Å²) in [5.74, 6) is 0.0281. The number of hydrogen-bond acceptors (Lipinski definition) is 9. The van der Waals surface area contributed by atoms with Crippen molar-refractivity contribution in [2.45, 2.75) is 94.9 Å². The first-order valence-corrected chi connectivity index (χ1v) is 19.7. The van der Waals surface area contributed by atoms with Gasteiger partial charge in [0.2, 0.25) is 5.56 Å². The summed E-state index contributed by atoms with van der Waals surface area (Å²) in [5.41, 5.74) is 4.44. The van der Waals surface area contributed by atoms with Crippen molar-refractivity contribution < 1.29 is 24.2 Å². The van der Waals surface area contributed by atoms with Crippen LogP contribution in [0.1, 0.15) is 86.1 Å². The summed E-state index contributed by atoms with van der Waals surface area (Å²) in [6, 6.07) is 20.3. The third-order valence-electron chi connectivity index (χ3n) is 12.2. The molecule has 4 fully saturated rings. The Morgan fingerprint density at radius 1 is 0.981 bits per heavy atom. The minimum Gasteiger partial charge on any atom is -0.506 e. The maximum Gasteiger partial charge on any atom is 0.419 e. The number of H-pyrrole nitrogens is 1. The average molecular weight is 735 g/mol. The fourth-order valence-electron chi connectivity index (χ4n) is 9.13. The van der Waals surface area contributed by atoms with Crippen LogP contribution in [-0.2, 0) is 34.5 Å². The highest BCUT2D eigenvalue weighted by Crippen LogP contribution is 2.42.